The molecule has 0 spiro atoms. The molecule has 1 aliphatic rings. The first kappa shape index (κ1) is 15.0. The molecule has 1 unspecified atom stereocenters. The lowest BCUT2D eigenvalue weighted by atomic mass is 10.2. The van der Waals surface area contributed by atoms with Crippen molar-refractivity contribution in [3.05, 3.63) is 42.2 Å². The minimum absolute atomic E-state index is 0.268. The fourth-order valence-corrected chi connectivity index (χ4v) is 4.40. The van der Waals surface area contributed by atoms with E-state index in [0.29, 0.717) is 18.9 Å². The Morgan fingerprint density at radius 3 is 2.68 bits per heavy atom. The van der Waals surface area contributed by atoms with Gasteiger partial charge in [-0.3, -0.25) is 0 Å². The van der Waals surface area contributed by atoms with Crippen molar-refractivity contribution in [2.45, 2.75) is 30.3 Å². The second-order valence-corrected chi connectivity index (χ2v) is 6.93. The van der Waals surface area contributed by atoms with Gasteiger partial charge in [0.2, 0.25) is 10.0 Å². The zero-order valence-electron chi connectivity index (χ0n) is 11.6. The molecule has 9 heteroatoms. The molecular weight excluding hydrogens is 314 g/mol. The maximum absolute atomic E-state index is 13.8. The Morgan fingerprint density at radius 2 is 1.95 bits per heavy atom. The molecule has 6 nitrogen and oxygen atoms in total. The van der Waals surface area contributed by atoms with Crippen LogP contribution in [0.3, 0.4) is 0 Å². The molecule has 0 saturated carbocycles. The number of halogens is 2. The fraction of sp³-hybridized carbons (Fsp3) is 0.385. The summed E-state index contributed by atoms with van der Waals surface area (Å²) in [5.74, 6) is -1.74. The van der Waals surface area contributed by atoms with Crippen LogP contribution in [-0.2, 0) is 16.6 Å². The molecule has 1 atom stereocenters. The Morgan fingerprint density at radius 1 is 1.23 bits per heavy atom. The molecule has 2 heterocycles. The van der Waals surface area contributed by atoms with Gasteiger partial charge in [0.25, 0.3) is 0 Å². The summed E-state index contributed by atoms with van der Waals surface area (Å²) in [6, 6.07) is 2.05. The van der Waals surface area contributed by atoms with Gasteiger partial charge in [0.05, 0.1) is 18.9 Å². The molecule has 1 aromatic carbocycles. The lowest BCUT2D eigenvalue weighted by Gasteiger charge is -2.23. The second-order valence-electron chi connectivity index (χ2n) is 5.07. The van der Waals surface area contributed by atoms with E-state index in [9.17, 15) is 17.2 Å². The standard InChI is InChI=1S/C13H14F2N4O2S/c14-10-3-4-12(15)13(8-10)22(20,21)18-7-1-2-11(18)9-19-16-5-6-17-19/h3-6,8,11H,1-2,7,9H2. The average Bonchev–Trinajstić information content (AvgIpc) is 3.13. The smallest absolute Gasteiger partial charge is 0.207 e. The van der Waals surface area contributed by atoms with E-state index in [4.69, 9.17) is 0 Å². The molecule has 22 heavy (non-hydrogen) atoms. The first-order valence-electron chi connectivity index (χ1n) is 6.79. The summed E-state index contributed by atoms with van der Waals surface area (Å²) < 4.78 is 53.5. The molecule has 118 valence electrons. The first-order chi connectivity index (χ1) is 10.5. The monoisotopic (exact) mass is 328 g/mol. The zero-order chi connectivity index (χ0) is 15.7. The van der Waals surface area contributed by atoms with Gasteiger partial charge in [-0.2, -0.15) is 19.3 Å². The number of aromatic nitrogens is 3. The predicted molar refractivity (Wildman–Crippen MR) is 73.3 cm³/mol. The van der Waals surface area contributed by atoms with Gasteiger partial charge in [0.15, 0.2) is 0 Å². The van der Waals surface area contributed by atoms with Gasteiger partial charge in [-0.15, -0.1) is 0 Å². The largest absolute Gasteiger partial charge is 0.246 e. The topological polar surface area (TPSA) is 68.1 Å². The van der Waals surface area contributed by atoms with Crippen molar-refractivity contribution in [1.29, 1.82) is 0 Å². The molecule has 1 aromatic heterocycles. The summed E-state index contributed by atoms with van der Waals surface area (Å²) in [5, 5.41) is 7.90. The highest BCUT2D eigenvalue weighted by Crippen LogP contribution is 2.28. The van der Waals surface area contributed by atoms with Crippen LogP contribution in [0.5, 0.6) is 0 Å². The van der Waals surface area contributed by atoms with E-state index in [-0.39, 0.29) is 19.1 Å². The van der Waals surface area contributed by atoms with E-state index in [0.717, 1.165) is 12.1 Å². The number of hydrogen-bond acceptors (Lipinski definition) is 4. The summed E-state index contributed by atoms with van der Waals surface area (Å²) in [7, 11) is -4.09. The zero-order valence-corrected chi connectivity index (χ0v) is 12.4. The minimum Gasteiger partial charge on any atom is -0.207 e. The molecule has 1 saturated heterocycles. The number of hydrogen-bond donors (Lipinski definition) is 0. The van der Waals surface area contributed by atoms with E-state index >= 15 is 0 Å². The molecule has 0 amide bonds. The third-order valence-electron chi connectivity index (χ3n) is 3.64. The molecular formula is C13H14F2N4O2S. The van der Waals surface area contributed by atoms with E-state index in [2.05, 4.69) is 10.2 Å². The van der Waals surface area contributed by atoms with Gasteiger partial charge in [-0.25, -0.2) is 17.2 Å². The van der Waals surface area contributed by atoms with Crippen LogP contribution >= 0.6 is 0 Å². The van der Waals surface area contributed by atoms with Crippen LogP contribution in [0.1, 0.15) is 12.8 Å². The summed E-state index contributed by atoms with van der Waals surface area (Å²) in [6.07, 6.45) is 4.28. The Labute approximate surface area is 126 Å². The molecule has 2 aromatic rings. The van der Waals surface area contributed by atoms with Gasteiger partial charge < -0.3 is 0 Å². The van der Waals surface area contributed by atoms with Crippen LogP contribution in [0.4, 0.5) is 8.78 Å². The van der Waals surface area contributed by atoms with Crippen molar-refractivity contribution >= 4 is 10.0 Å². The normalized spacial score (nSPS) is 19.6. The third-order valence-corrected chi connectivity index (χ3v) is 5.61. The second kappa shape index (κ2) is 5.73. The Bertz CT molecular complexity index is 764. The average molecular weight is 328 g/mol. The van der Waals surface area contributed by atoms with Gasteiger partial charge >= 0.3 is 0 Å². The molecule has 3 rings (SSSR count). The van der Waals surface area contributed by atoms with Crippen LogP contribution in [0.2, 0.25) is 0 Å². The van der Waals surface area contributed by atoms with Gasteiger partial charge in [0, 0.05) is 12.6 Å². The summed E-state index contributed by atoms with van der Waals surface area (Å²) >= 11 is 0. The van der Waals surface area contributed by atoms with Gasteiger partial charge in [-0.05, 0) is 31.0 Å². The number of nitrogens with zero attached hydrogens (tertiary/aromatic N) is 4. The molecule has 0 N–H and O–H groups in total. The van der Waals surface area contributed by atoms with Crippen LogP contribution in [0, 0.1) is 11.6 Å². The summed E-state index contributed by atoms with van der Waals surface area (Å²) in [4.78, 5) is 0.758. The van der Waals surface area contributed by atoms with Crippen molar-refractivity contribution in [2.24, 2.45) is 0 Å². The van der Waals surface area contributed by atoms with E-state index in [1.54, 1.807) is 0 Å². The lowest BCUT2D eigenvalue weighted by molar-refractivity contribution is 0.324. The lowest BCUT2D eigenvalue weighted by Crippen LogP contribution is -2.38. The molecule has 0 radical (unpaired) electrons. The number of rotatable bonds is 4. The molecule has 1 aliphatic heterocycles. The van der Waals surface area contributed by atoms with Crippen molar-refractivity contribution in [1.82, 2.24) is 19.3 Å². The number of benzene rings is 1. The highest BCUT2D eigenvalue weighted by molar-refractivity contribution is 7.89. The highest BCUT2D eigenvalue weighted by atomic mass is 32.2. The highest BCUT2D eigenvalue weighted by Gasteiger charge is 2.37. The maximum atomic E-state index is 13.8. The fourth-order valence-electron chi connectivity index (χ4n) is 2.64. The summed E-state index contributed by atoms with van der Waals surface area (Å²) in [5.41, 5.74) is 0. The molecule has 1 fully saturated rings. The van der Waals surface area contributed by atoms with Crippen molar-refractivity contribution in [3.8, 4) is 0 Å². The van der Waals surface area contributed by atoms with Crippen LogP contribution < -0.4 is 0 Å². The number of sulfonamides is 1. The van der Waals surface area contributed by atoms with E-state index < -0.39 is 26.6 Å². The van der Waals surface area contributed by atoms with Crippen molar-refractivity contribution in [3.63, 3.8) is 0 Å². The van der Waals surface area contributed by atoms with E-state index in [1.165, 1.54) is 21.5 Å². The SMILES string of the molecule is O=S(=O)(c1cc(F)ccc1F)N1CCCC1Cn1nccn1. The molecule has 0 bridgehead atoms. The Balaban J connectivity index is 1.92. The van der Waals surface area contributed by atoms with Crippen molar-refractivity contribution in [2.75, 3.05) is 6.54 Å². The van der Waals surface area contributed by atoms with E-state index in [1.807, 2.05) is 0 Å². The maximum Gasteiger partial charge on any atom is 0.246 e. The summed E-state index contributed by atoms with van der Waals surface area (Å²) in [6.45, 7) is 0.549. The quantitative estimate of drug-likeness (QED) is 0.851. The predicted octanol–water partition coefficient (Wildman–Crippen LogP) is 1.41. The Kier molecular flexibility index (Phi) is 3.92. The third kappa shape index (κ3) is 2.73. The molecule has 0 aliphatic carbocycles. The van der Waals surface area contributed by atoms with Gasteiger partial charge in [-0.1, -0.05) is 0 Å². The van der Waals surface area contributed by atoms with Crippen LogP contribution in [0.15, 0.2) is 35.5 Å². The van der Waals surface area contributed by atoms with Crippen LogP contribution in [0.25, 0.3) is 0 Å². The Hall–Kier alpha value is -1.87. The van der Waals surface area contributed by atoms with Crippen molar-refractivity contribution < 1.29 is 17.2 Å². The van der Waals surface area contributed by atoms with Gasteiger partial charge in [0.1, 0.15) is 16.5 Å². The van der Waals surface area contributed by atoms with Crippen LogP contribution in [-0.4, -0.2) is 40.3 Å². The first-order valence-corrected chi connectivity index (χ1v) is 8.23. The minimum atomic E-state index is -4.09.